The molecule has 0 heterocycles. The molecule has 0 aromatic carbocycles. The van der Waals surface area contributed by atoms with Crippen LogP contribution >= 0.6 is 0 Å². The summed E-state index contributed by atoms with van der Waals surface area (Å²) < 4.78 is 0. The van der Waals surface area contributed by atoms with Crippen LogP contribution in [-0.2, 0) is 4.79 Å². The van der Waals surface area contributed by atoms with E-state index in [1.165, 1.54) is 0 Å². The van der Waals surface area contributed by atoms with E-state index in [1.54, 1.807) is 6.08 Å². The molecule has 0 aromatic rings. The zero-order chi connectivity index (χ0) is 8.91. The van der Waals surface area contributed by atoms with E-state index in [0.29, 0.717) is 0 Å². The second-order valence-electron chi connectivity index (χ2n) is 3.94. The fourth-order valence-electron chi connectivity index (χ4n) is 1.00. The lowest BCUT2D eigenvalue weighted by atomic mass is 9.85. The van der Waals surface area contributed by atoms with Gasteiger partial charge in [0, 0.05) is 5.92 Å². The number of aldehydes is 1. The summed E-state index contributed by atoms with van der Waals surface area (Å²) >= 11 is 0. The van der Waals surface area contributed by atoms with Gasteiger partial charge in [-0.1, -0.05) is 27.4 Å². The predicted molar refractivity (Wildman–Crippen MR) is 47.3 cm³/mol. The third-order valence-electron chi connectivity index (χ3n) is 1.35. The van der Waals surface area contributed by atoms with Crippen molar-refractivity contribution in [1.29, 1.82) is 0 Å². The molecule has 1 atom stereocenters. The molecule has 0 bridgehead atoms. The SMILES string of the molecule is C=C=CC(C=O)CC(C)(C)C. The Labute approximate surface area is 68.8 Å². The number of carbonyl (C=O) groups is 1. The number of hydrogen-bond donors (Lipinski definition) is 0. The van der Waals surface area contributed by atoms with Gasteiger partial charge < -0.3 is 4.79 Å². The van der Waals surface area contributed by atoms with Crippen molar-refractivity contribution in [3.8, 4) is 0 Å². The van der Waals surface area contributed by atoms with Crippen molar-refractivity contribution in [2.75, 3.05) is 0 Å². The maximum atomic E-state index is 10.5. The molecule has 0 radical (unpaired) electrons. The summed E-state index contributed by atoms with van der Waals surface area (Å²) in [5, 5.41) is 0. The minimum absolute atomic E-state index is 0.0208. The lowest BCUT2D eigenvalue weighted by Crippen LogP contribution is -2.12. The van der Waals surface area contributed by atoms with E-state index in [-0.39, 0.29) is 11.3 Å². The highest BCUT2D eigenvalue weighted by Gasteiger charge is 2.15. The van der Waals surface area contributed by atoms with E-state index in [0.717, 1.165) is 12.7 Å². The first kappa shape index (κ1) is 10.2. The van der Waals surface area contributed by atoms with Crippen molar-refractivity contribution < 1.29 is 4.79 Å². The van der Waals surface area contributed by atoms with Crippen molar-refractivity contribution in [3.63, 3.8) is 0 Å². The van der Waals surface area contributed by atoms with E-state index in [9.17, 15) is 4.79 Å². The Morgan fingerprint density at radius 3 is 2.36 bits per heavy atom. The molecule has 11 heavy (non-hydrogen) atoms. The van der Waals surface area contributed by atoms with Crippen LogP contribution < -0.4 is 0 Å². The van der Waals surface area contributed by atoms with Gasteiger partial charge in [-0.15, -0.1) is 5.73 Å². The van der Waals surface area contributed by atoms with Crippen molar-refractivity contribution in [2.24, 2.45) is 11.3 Å². The van der Waals surface area contributed by atoms with Crippen molar-refractivity contribution in [2.45, 2.75) is 27.2 Å². The highest BCUT2D eigenvalue weighted by Crippen LogP contribution is 2.23. The zero-order valence-corrected chi connectivity index (χ0v) is 7.55. The summed E-state index contributed by atoms with van der Waals surface area (Å²) in [6.07, 6.45) is 3.53. The molecule has 0 aliphatic heterocycles. The average molecular weight is 152 g/mol. The molecule has 0 rings (SSSR count). The van der Waals surface area contributed by atoms with E-state index in [2.05, 4.69) is 33.1 Å². The minimum atomic E-state index is -0.0208. The first-order valence-corrected chi connectivity index (χ1v) is 3.81. The third-order valence-corrected chi connectivity index (χ3v) is 1.35. The predicted octanol–water partition coefficient (Wildman–Crippen LogP) is 2.58. The first-order valence-electron chi connectivity index (χ1n) is 3.81. The standard InChI is InChI=1S/C10H16O/c1-5-6-9(8-11)7-10(2,3)4/h6,8-9H,1,7H2,2-4H3. The van der Waals surface area contributed by atoms with Gasteiger partial charge in [-0.3, -0.25) is 0 Å². The van der Waals surface area contributed by atoms with Crippen LogP contribution in [0.3, 0.4) is 0 Å². The Morgan fingerprint density at radius 1 is 1.55 bits per heavy atom. The molecule has 0 fully saturated rings. The molecular weight excluding hydrogens is 136 g/mol. The second kappa shape index (κ2) is 4.15. The van der Waals surface area contributed by atoms with E-state index >= 15 is 0 Å². The second-order valence-corrected chi connectivity index (χ2v) is 3.94. The molecule has 1 heteroatoms. The summed E-state index contributed by atoms with van der Waals surface area (Å²) in [7, 11) is 0. The summed E-state index contributed by atoms with van der Waals surface area (Å²) in [4.78, 5) is 10.5. The van der Waals surface area contributed by atoms with Crippen LogP contribution in [0.15, 0.2) is 18.4 Å². The fourth-order valence-corrected chi connectivity index (χ4v) is 1.00. The van der Waals surface area contributed by atoms with Gasteiger partial charge in [-0.2, -0.15) is 0 Å². The van der Waals surface area contributed by atoms with Crippen LogP contribution in [-0.4, -0.2) is 6.29 Å². The summed E-state index contributed by atoms with van der Waals surface area (Å²) in [6.45, 7) is 9.77. The fraction of sp³-hybridized carbons (Fsp3) is 0.600. The molecule has 0 N–H and O–H groups in total. The summed E-state index contributed by atoms with van der Waals surface area (Å²) in [5.74, 6) is -0.0208. The van der Waals surface area contributed by atoms with Crippen LogP contribution in [0.4, 0.5) is 0 Å². The topological polar surface area (TPSA) is 17.1 Å². The van der Waals surface area contributed by atoms with Gasteiger partial charge in [0.2, 0.25) is 0 Å². The van der Waals surface area contributed by atoms with E-state index < -0.39 is 0 Å². The number of allylic oxidation sites excluding steroid dienone is 1. The first-order chi connectivity index (χ1) is 4.99. The maximum Gasteiger partial charge on any atom is 0.127 e. The van der Waals surface area contributed by atoms with Crippen LogP contribution in [0.5, 0.6) is 0 Å². The Hall–Kier alpha value is -0.810. The monoisotopic (exact) mass is 152 g/mol. The molecule has 1 nitrogen and oxygen atoms in total. The van der Waals surface area contributed by atoms with Gasteiger partial charge in [-0.05, 0) is 17.9 Å². The molecule has 0 spiro atoms. The molecule has 0 saturated heterocycles. The smallest absolute Gasteiger partial charge is 0.127 e. The highest BCUT2D eigenvalue weighted by atomic mass is 16.1. The van der Waals surface area contributed by atoms with Crippen LogP contribution in [0.25, 0.3) is 0 Å². The van der Waals surface area contributed by atoms with Crippen molar-refractivity contribution in [1.82, 2.24) is 0 Å². The number of hydrogen-bond acceptors (Lipinski definition) is 1. The Bertz CT molecular complexity index is 168. The van der Waals surface area contributed by atoms with Crippen molar-refractivity contribution >= 4 is 6.29 Å². The zero-order valence-electron chi connectivity index (χ0n) is 7.55. The maximum absolute atomic E-state index is 10.5. The summed E-state index contributed by atoms with van der Waals surface area (Å²) in [5.41, 5.74) is 2.83. The molecule has 1 unspecified atom stereocenters. The lowest BCUT2D eigenvalue weighted by Gasteiger charge is -2.19. The van der Waals surface area contributed by atoms with Gasteiger partial charge >= 0.3 is 0 Å². The van der Waals surface area contributed by atoms with Crippen LogP contribution in [0.2, 0.25) is 0 Å². The molecule has 0 aliphatic carbocycles. The largest absolute Gasteiger partial charge is 0.303 e. The molecule has 0 aliphatic rings. The molecule has 0 aromatic heterocycles. The molecule has 62 valence electrons. The van der Waals surface area contributed by atoms with Gasteiger partial charge in [0.25, 0.3) is 0 Å². The lowest BCUT2D eigenvalue weighted by molar-refractivity contribution is -0.110. The third kappa shape index (κ3) is 5.63. The van der Waals surface area contributed by atoms with Crippen LogP contribution in [0, 0.1) is 11.3 Å². The molecule has 0 saturated carbocycles. The highest BCUT2D eigenvalue weighted by molar-refractivity contribution is 5.56. The van der Waals surface area contributed by atoms with E-state index in [1.807, 2.05) is 0 Å². The van der Waals surface area contributed by atoms with Crippen molar-refractivity contribution in [3.05, 3.63) is 18.4 Å². The van der Waals surface area contributed by atoms with Gasteiger partial charge in [-0.25, -0.2) is 0 Å². The Balaban J connectivity index is 4.08. The molecular formula is C10H16O. The quantitative estimate of drug-likeness (QED) is 0.448. The number of carbonyl (C=O) groups excluding carboxylic acids is 1. The Kier molecular flexibility index (Phi) is 3.84. The van der Waals surface area contributed by atoms with Crippen LogP contribution in [0.1, 0.15) is 27.2 Å². The normalized spacial score (nSPS) is 13.4. The van der Waals surface area contributed by atoms with Gasteiger partial charge in [0.1, 0.15) is 6.29 Å². The summed E-state index contributed by atoms with van der Waals surface area (Å²) in [6, 6.07) is 0. The van der Waals surface area contributed by atoms with Gasteiger partial charge in [0.05, 0.1) is 0 Å². The molecule has 0 amide bonds. The van der Waals surface area contributed by atoms with E-state index in [4.69, 9.17) is 0 Å². The average Bonchev–Trinajstić information content (AvgIpc) is 1.84. The number of rotatable bonds is 3. The Morgan fingerprint density at radius 2 is 2.09 bits per heavy atom. The van der Waals surface area contributed by atoms with Gasteiger partial charge in [0.15, 0.2) is 0 Å². The minimum Gasteiger partial charge on any atom is -0.303 e.